The van der Waals surface area contributed by atoms with Gasteiger partial charge in [0.05, 0.1) is 5.56 Å². The van der Waals surface area contributed by atoms with E-state index in [0.29, 0.717) is 17.4 Å². The van der Waals surface area contributed by atoms with E-state index in [1.54, 1.807) is 12.1 Å². The van der Waals surface area contributed by atoms with Crippen LogP contribution in [0.1, 0.15) is 46.9 Å². The van der Waals surface area contributed by atoms with Gasteiger partial charge >= 0.3 is 5.97 Å². The van der Waals surface area contributed by atoms with Crippen molar-refractivity contribution in [1.29, 1.82) is 0 Å². The Morgan fingerprint density at radius 1 is 1.11 bits per heavy atom. The van der Waals surface area contributed by atoms with Gasteiger partial charge in [-0.2, -0.15) is 0 Å². The largest absolute Gasteiger partial charge is 0.478 e. The molecule has 94 valence electrons. The Hall–Kier alpha value is -1.64. The third-order valence-electron chi connectivity index (χ3n) is 5.01. The van der Waals surface area contributed by atoms with Crippen molar-refractivity contribution >= 4 is 11.8 Å². The summed E-state index contributed by atoms with van der Waals surface area (Å²) in [4.78, 5) is 23.3. The van der Waals surface area contributed by atoms with Gasteiger partial charge in [0.1, 0.15) is 0 Å². The second-order valence-electron chi connectivity index (χ2n) is 5.70. The van der Waals surface area contributed by atoms with Gasteiger partial charge in [0.25, 0.3) is 0 Å². The average molecular weight is 244 g/mol. The molecule has 1 aromatic carbocycles. The molecule has 0 aliphatic heterocycles. The quantitative estimate of drug-likeness (QED) is 0.831. The fourth-order valence-corrected chi connectivity index (χ4v) is 3.69. The minimum Gasteiger partial charge on any atom is -0.478 e. The van der Waals surface area contributed by atoms with Gasteiger partial charge in [0, 0.05) is 11.0 Å². The Morgan fingerprint density at radius 2 is 1.61 bits per heavy atom. The van der Waals surface area contributed by atoms with E-state index in [2.05, 4.69) is 6.92 Å². The molecule has 0 heterocycles. The molecule has 3 atom stereocenters. The zero-order valence-corrected chi connectivity index (χ0v) is 10.3. The van der Waals surface area contributed by atoms with Crippen LogP contribution in [-0.2, 0) is 0 Å². The number of carboxylic acid groups (broad SMARTS) is 1. The number of carboxylic acids is 1. The number of carbonyl (C=O) groups is 2. The van der Waals surface area contributed by atoms with Crippen molar-refractivity contribution in [3.8, 4) is 0 Å². The van der Waals surface area contributed by atoms with E-state index in [9.17, 15) is 9.59 Å². The number of rotatable bonds is 3. The van der Waals surface area contributed by atoms with Crippen molar-refractivity contribution in [2.75, 3.05) is 0 Å². The van der Waals surface area contributed by atoms with Crippen molar-refractivity contribution < 1.29 is 14.7 Å². The second kappa shape index (κ2) is 3.67. The SMILES string of the molecule is CC1(C(=O)c2ccc(C(=O)O)cc2)[C@@H]2CC[C@H]1C2. The fraction of sp³-hybridized carbons (Fsp3) is 0.467. The first-order valence-electron chi connectivity index (χ1n) is 6.41. The molecule has 3 aliphatic carbocycles. The van der Waals surface area contributed by atoms with Crippen LogP contribution in [0.3, 0.4) is 0 Å². The van der Waals surface area contributed by atoms with Crippen molar-refractivity contribution in [3.05, 3.63) is 35.4 Å². The first-order chi connectivity index (χ1) is 8.53. The van der Waals surface area contributed by atoms with E-state index in [1.165, 1.54) is 31.4 Å². The number of aromatic carboxylic acids is 1. The molecule has 4 rings (SSSR count). The minimum atomic E-state index is -0.955. The predicted molar refractivity (Wildman–Crippen MR) is 66.7 cm³/mol. The van der Waals surface area contributed by atoms with Crippen molar-refractivity contribution in [1.82, 2.24) is 0 Å². The van der Waals surface area contributed by atoms with Gasteiger partial charge in [-0.3, -0.25) is 4.79 Å². The van der Waals surface area contributed by atoms with E-state index < -0.39 is 5.97 Å². The lowest BCUT2D eigenvalue weighted by Gasteiger charge is -2.45. The van der Waals surface area contributed by atoms with Gasteiger partial charge in [-0.25, -0.2) is 4.79 Å². The van der Waals surface area contributed by atoms with Crippen LogP contribution in [0.25, 0.3) is 0 Å². The maximum Gasteiger partial charge on any atom is 0.335 e. The first-order valence-corrected chi connectivity index (χ1v) is 6.41. The molecule has 2 bridgehead atoms. The normalized spacial score (nSPS) is 32.9. The van der Waals surface area contributed by atoms with Gasteiger partial charge in [-0.05, 0) is 43.2 Å². The maximum absolute atomic E-state index is 12.5. The molecule has 1 unspecified atom stereocenters. The van der Waals surface area contributed by atoms with Crippen LogP contribution in [0.4, 0.5) is 0 Å². The number of ketones is 1. The van der Waals surface area contributed by atoms with E-state index in [0.717, 1.165) is 0 Å². The van der Waals surface area contributed by atoms with E-state index in [-0.39, 0.29) is 16.8 Å². The minimum absolute atomic E-state index is 0.190. The molecular formula is C15H16O3. The smallest absolute Gasteiger partial charge is 0.335 e. The molecule has 0 saturated heterocycles. The second-order valence-corrected chi connectivity index (χ2v) is 5.70. The molecule has 3 nitrogen and oxygen atoms in total. The molecule has 3 fully saturated rings. The van der Waals surface area contributed by atoms with Crippen LogP contribution in [0.15, 0.2) is 24.3 Å². The molecule has 3 heteroatoms. The summed E-state index contributed by atoms with van der Waals surface area (Å²) < 4.78 is 0. The Bertz CT molecular complexity index is 501. The van der Waals surface area contributed by atoms with Gasteiger partial charge in [0.15, 0.2) is 5.78 Å². The van der Waals surface area contributed by atoms with Gasteiger partial charge in [-0.1, -0.05) is 19.1 Å². The van der Waals surface area contributed by atoms with Gasteiger partial charge in [-0.15, -0.1) is 0 Å². The summed E-state index contributed by atoms with van der Waals surface area (Å²) in [6.45, 7) is 2.08. The van der Waals surface area contributed by atoms with Crippen LogP contribution in [0.5, 0.6) is 0 Å². The standard InChI is InChI=1S/C15H16O3/c1-15(11-6-7-12(15)8-11)13(16)9-2-4-10(5-3-9)14(17)18/h2-5,11-12H,6-8H2,1H3,(H,17,18)/t11-,12+,15?. The molecule has 1 aromatic rings. The van der Waals surface area contributed by atoms with Crippen LogP contribution in [0.2, 0.25) is 0 Å². The summed E-state index contributed by atoms with van der Waals surface area (Å²) in [5.74, 6) is 0.311. The molecule has 1 N–H and O–H groups in total. The van der Waals surface area contributed by atoms with Gasteiger partial charge < -0.3 is 5.11 Å². The summed E-state index contributed by atoms with van der Waals surface area (Å²) in [6, 6.07) is 6.32. The third-order valence-corrected chi connectivity index (χ3v) is 5.01. The molecular weight excluding hydrogens is 228 g/mol. The summed E-state index contributed by atoms with van der Waals surface area (Å²) in [7, 11) is 0. The number of Topliss-reactive ketones (excluding diaryl/α,β-unsaturated/α-hetero) is 1. The highest BCUT2D eigenvalue weighted by Gasteiger charge is 2.60. The Labute approximate surface area is 106 Å². The number of carbonyl (C=O) groups excluding carboxylic acids is 1. The molecule has 0 aromatic heterocycles. The summed E-state index contributed by atoms with van der Waals surface area (Å²) in [5.41, 5.74) is 0.692. The molecule has 3 aliphatic rings. The zero-order valence-electron chi connectivity index (χ0n) is 10.3. The third kappa shape index (κ3) is 1.36. The highest BCUT2D eigenvalue weighted by molar-refractivity contribution is 6.02. The van der Waals surface area contributed by atoms with E-state index in [1.807, 2.05) is 0 Å². The monoisotopic (exact) mass is 244 g/mol. The number of benzene rings is 1. The summed E-state index contributed by atoms with van der Waals surface area (Å²) in [5, 5.41) is 8.84. The van der Waals surface area contributed by atoms with Crippen molar-refractivity contribution in [2.45, 2.75) is 26.2 Å². The van der Waals surface area contributed by atoms with Crippen LogP contribution in [-0.4, -0.2) is 16.9 Å². The highest BCUT2D eigenvalue weighted by Crippen LogP contribution is 2.63. The molecule has 0 radical (unpaired) electrons. The maximum atomic E-state index is 12.5. The zero-order chi connectivity index (χ0) is 12.9. The van der Waals surface area contributed by atoms with E-state index >= 15 is 0 Å². The van der Waals surface area contributed by atoms with Crippen LogP contribution in [0, 0.1) is 17.3 Å². The fourth-order valence-electron chi connectivity index (χ4n) is 3.69. The lowest BCUT2D eigenvalue weighted by molar-refractivity contribution is 0.0271. The summed E-state index contributed by atoms with van der Waals surface area (Å²) >= 11 is 0. The van der Waals surface area contributed by atoms with E-state index in [4.69, 9.17) is 5.11 Å². The van der Waals surface area contributed by atoms with Crippen molar-refractivity contribution in [3.63, 3.8) is 0 Å². The van der Waals surface area contributed by atoms with Crippen LogP contribution >= 0.6 is 0 Å². The number of hydrogen-bond acceptors (Lipinski definition) is 2. The average Bonchev–Trinajstić information content (AvgIpc) is 2.99. The Balaban J connectivity index is 1.87. The topological polar surface area (TPSA) is 54.4 Å². The lowest BCUT2D eigenvalue weighted by Crippen LogP contribution is -2.46. The molecule has 0 spiro atoms. The Morgan fingerprint density at radius 3 is 2.06 bits per heavy atom. The lowest BCUT2D eigenvalue weighted by atomic mass is 9.56. The number of hydrogen-bond donors (Lipinski definition) is 1. The van der Waals surface area contributed by atoms with Crippen molar-refractivity contribution in [2.24, 2.45) is 17.3 Å². The molecule has 0 amide bonds. The number of fused-ring (bicyclic) bond motifs is 1. The Kier molecular flexibility index (Phi) is 2.34. The molecule has 18 heavy (non-hydrogen) atoms. The predicted octanol–water partition coefficient (Wildman–Crippen LogP) is 3.00. The molecule has 3 saturated carbocycles. The summed E-state index contributed by atoms with van der Waals surface area (Å²) in [6.07, 6.45) is 3.52. The van der Waals surface area contributed by atoms with Crippen LogP contribution < -0.4 is 0 Å². The highest BCUT2D eigenvalue weighted by atomic mass is 16.4. The van der Waals surface area contributed by atoms with Gasteiger partial charge in [0.2, 0.25) is 0 Å². The first kappa shape index (κ1) is 11.5.